The van der Waals surface area contributed by atoms with Gasteiger partial charge in [0.05, 0.1) is 21.3 Å². The number of hydrogen-bond donors (Lipinski definition) is 0. The number of hydrogen-bond acceptors (Lipinski definition) is 4. The fraction of sp³-hybridized carbons (Fsp3) is 0.143. The first-order valence-electron chi connectivity index (χ1n) is 8.17. The first-order valence-corrected chi connectivity index (χ1v) is 11.0. The molecule has 0 amide bonds. The molecule has 0 radical (unpaired) electrons. The monoisotopic (exact) mass is 384 g/mol. The summed E-state index contributed by atoms with van der Waals surface area (Å²) < 4.78 is 17.0. The van der Waals surface area contributed by atoms with Gasteiger partial charge in [-0.2, -0.15) is 0 Å². The van der Waals surface area contributed by atoms with Crippen LogP contribution < -0.4 is 30.1 Å². The van der Waals surface area contributed by atoms with Crippen LogP contribution in [0.4, 0.5) is 0 Å². The van der Waals surface area contributed by atoms with Gasteiger partial charge in [-0.05, 0) is 36.4 Å². The lowest BCUT2D eigenvalue weighted by atomic mass is 10.3. The van der Waals surface area contributed by atoms with Gasteiger partial charge in [-0.1, -0.05) is 48.2 Å². The molecule has 0 aromatic heterocycles. The molecule has 0 saturated carbocycles. The lowest BCUT2D eigenvalue weighted by Crippen LogP contribution is -2.27. The van der Waals surface area contributed by atoms with E-state index in [1.807, 2.05) is 72.8 Å². The minimum absolute atomic E-state index is 0.771. The van der Waals surface area contributed by atoms with Crippen molar-refractivity contribution in [2.24, 2.45) is 0 Å². The van der Waals surface area contributed by atoms with Crippen molar-refractivity contribution < 1.29 is 14.2 Å². The van der Waals surface area contributed by atoms with Crippen molar-refractivity contribution in [1.82, 2.24) is 0 Å². The Morgan fingerprint density at radius 3 is 1.08 bits per heavy atom. The summed E-state index contributed by atoms with van der Waals surface area (Å²) in [6.07, 6.45) is 0. The zero-order valence-corrected chi connectivity index (χ0v) is 16.7. The Morgan fingerprint density at radius 1 is 0.538 bits per heavy atom. The number of ether oxygens (including phenoxy) is 3. The van der Waals surface area contributed by atoms with Crippen LogP contribution >= 0.6 is 6.04 Å². The first kappa shape index (κ1) is 18.5. The van der Waals surface area contributed by atoms with Crippen molar-refractivity contribution in [3.63, 3.8) is 0 Å². The summed E-state index contributed by atoms with van der Waals surface area (Å²) >= 11 is 6.43. The summed E-state index contributed by atoms with van der Waals surface area (Å²) in [4.78, 5) is 0. The molecule has 0 aliphatic heterocycles. The number of rotatable bonds is 6. The molecular formula is C21H21O3PS. The van der Waals surface area contributed by atoms with Gasteiger partial charge >= 0.3 is 0 Å². The molecule has 26 heavy (non-hydrogen) atoms. The Balaban J connectivity index is 2.42. The van der Waals surface area contributed by atoms with E-state index in [-0.39, 0.29) is 0 Å². The van der Waals surface area contributed by atoms with E-state index >= 15 is 0 Å². The molecule has 0 saturated heterocycles. The SMILES string of the molecule is COc1ccccc1P(=S)(c1ccccc1OC)c1ccccc1OC. The maximum Gasteiger partial charge on any atom is 0.127 e. The molecular weight excluding hydrogens is 363 g/mol. The topological polar surface area (TPSA) is 27.7 Å². The van der Waals surface area contributed by atoms with Crippen LogP contribution in [0.15, 0.2) is 72.8 Å². The Morgan fingerprint density at radius 2 is 0.808 bits per heavy atom. The summed E-state index contributed by atoms with van der Waals surface area (Å²) in [6.45, 7) is 0. The van der Waals surface area contributed by atoms with Crippen LogP contribution in [0.3, 0.4) is 0 Å². The number of benzene rings is 3. The highest BCUT2D eigenvalue weighted by atomic mass is 32.4. The van der Waals surface area contributed by atoms with Crippen LogP contribution in [-0.4, -0.2) is 21.3 Å². The highest BCUT2D eigenvalue weighted by Gasteiger charge is 2.32. The molecule has 0 atom stereocenters. The summed E-state index contributed by atoms with van der Waals surface area (Å²) in [5, 5.41) is 2.93. The summed E-state index contributed by atoms with van der Waals surface area (Å²) in [7, 11) is 5.01. The standard InChI is InChI=1S/C21H21O3PS/c1-22-16-10-4-7-13-19(16)25(26,20-14-8-5-11-17(20)23-2)21-15-9-6-12-18(21)24-3/h4-15H,1-3H3. The van der Waals surface area contributed by atoms with Crippen molar-refractivity contribution >= 4 is 33.8 Å². The smallest absolute Gasteiger partial charge is 0.127 e. The van der Waals surface area contributed by atoms with Crippen LogP contribution in [0, 0.1) is 0 Å². The molecule has 3 nitrogen and oxygen atoms in total. The maximum atomic E-state index is 6.43. The van der Waals surface area contributed by atoms with Crippen LogP contribution in [0.1, 0.15) is 0 Å². The third-order valence-electron chi connectivity index (χ3n) is 4.27. The van der Waals surface area contributed by atoms with E-state index in [0.29, 0.717) is 0 Å². The fourth-order valence-corrected chi connectivity index (χ4v) is 7.51. The Labute approximate surface area is 159 Å². The quantitative estimate of drug-likeness (QED) is 0.609. The highest BCUT2D eigenvalue weighted by molar-refractivity contribution is 8.25. The van der Waals surface area contributed by atoms with Gasteiger partial charge < -0.3 is 14.2 Å². The van der Waals surface area contributed by atoms with E-state index < -0.39 is 6.04 Å². The van der Waals surface area contributed by atoms with Crippen LogP contribution in [0.25, 0.3) is 0 Å². The molecule has 5 heteroatoms. The second-order valence-corrected chi connectivity index (χ2v) is 9.93. The van der Waals surface area contributed by atoms with Crippen molar-refractivity contribution in [1.29, 1.82) is 0 Å². The van der Waals surface area contributed by atoms with Crippen molar-refractivity contribution in [3.05, 3.63) is 72.8 Å². The van der Waals surface area contributed by atoms with Gasteiger partial charge in [0.15, 0.2) is 0 Å². The van der Waals surface area contributed by atoms with Crippen LogP contribution in [0.5, 0.6) is 17.2 Å². The number of para-hydroxylation sites is 3. The minimum atomic E-state index is -2.48. The maximum absolute atomic E-state index is 6.43. The number of methoxy groups -OCH3 is 3. The molecule has 134 valence electrons. The normalized spacial score (nSPS) is 11.0. The largest absolute Gasteiger partial charge is 0.496 e. The molecule has 0 fully saturated rings. The lowest BCUT2D eigenvalue weighted by Gasteiger charge is -2.28. The molecule has 3 aromatic carbocycles. The van der Waals surface area contributed by atoms with Gasteiger partial charge in [0.1, 0.15) is 17.2 Å². The Bertz CT molecular complexity index is 833. The third kappa shape index (κ3) is 3.11. The van der Waals surface area contributed by atoms with Gasteiger partial charge in [0, 0.05) is 22.0 Å². The van der Waals surface area contributed by atoms with Gasteiger partial charge in [-0.3, -0.25) is 0 Å². The molecule has 0 bridgehead atoms. The van der Waals surface area contributed by atoms with Crippen LogP contribution in [0.2, 0.25) is 0 Å². The second kappa shape index (κ2) is 7.94. The fourth-order valence-electron chi connectivity index (χ4n) is 3.06. The molecule has 0 aliphatic carbocycles. The molecule has 3 rings (SSSR count). The van der Waals surface area contributed by atoms with Crippen molar-refractivity contribution in [2.45, 2.75) is 0 Å². The molecule has 0 spiro atoms. The molecule has 0 aliphatic rings. The zero-order valence-electron chi connectivity index (χ0n) is 15.0. The van der Waals surface area contributed by atoms with Crippen molar-refractivity contribution in [2.75, 3.05) is 21.3 Å². The van der Waals surface area contributed by atoms with E-state index in [1.165, 1.54) is 0 Å². The molecule has 3 aromatic rings. The first-order chi connectivity index (χ1) is 12.7. The minimum Gasteiger partial charge on any atom is -0.496 e. The van der Waals surface area contributed by atoms with Gasteiger partial charge in [0.2, 0.25) is 0 Å². The average Bonchev–Trinajstić information content (AvgIpc) is 2.73. The van der Waals surface area contributed by atoms with E-state index in [2.05, 4.69) is 0 Å². The van der Waals surface area contributed by atoms with Gasteiger partial charge in [0.25, 0.3) is 0 Å². The lowest BCUT2D eigenvalue weighted by molar-refractivity contribution is 0.416. The average molecular weight is 384 g/mol. The summed E-state index contributed by atoms with van der Waals surface area (Å²) in [5.74, 6) is 2.31. The second-order valence-electron chi connectivity index (χ2n) is 5.62. The van der Waals surface area contributed by atoms with E-state index in [1.54, 1.807) is 21.3 Å². The van der Waals surface area contributed by atoms with Crippen LogP contribution in [-0.2, 0) is 11.8 Å². The Hall–Kier alpha value is -2.29. The van der Waals surface area contributed by atoms with Gasteiger partial charge in [-0.25, -0.2) is 0 Å². The predicted molar refractivity (Wildman–Crippen MR) is 112 cm³/mol. The summed E-state index contributed by atoms with van der Waals surface area (Å²) in [6, 6.07) is 21.3. The van der Waals surface area contributed by atoms with E-state index in [9.17, 15) is 0 Å². The molecule has 0 unspecified atom stereocenters. The summed E-state index contributed by atoms with van der Waals surface area (Å²) in [5.41, 5.74) is 0. The highest BCUT2D eigenvalue weighted by Crippen LogP contribution is 2.49. The zero-order chi connectivity index (χ0) is 18.6. The van der Waals surface area contributed by atoms with E-state index in [0.717, 1.165) is 33.2 Å². The van der Waals surface area contributed by atoms with Crippen molar-refractivity contribution in [3.8, 4) is 17.2 Å². The predicted octanol–water partition coefficient (Wildman–Crippen LogP) is 3.47. The molecule has 0 heterocycles. The molecule has 0 N–H and O–H groups in total. The van der Waals surface area contributed by atoms with E-state index in [4.69, 9.17) is 26.0 Å². The Kier molecular flexibility index (Phi) is 5.65. The van der Waals surface area contributed by atoms with Gasteiger partial charge in [-0.15, -0.1) is 0 Å². The third-order valence-corrected chi connectivity index (χ3v) is 9.19.